The maximum Gasteiger partial charge on any atom is 0.317 e. The molecule has 1 N–H and O–H groups in total. The standard InChI is InChI=1S/C13H11NO2S/c1-8-11(9-5-3-2-4-6-9)14-7-10(12(8)17)13(15)16/h2-7,10H,1H3,(H,15,16). The quantitative estimate of drug-likeness (QED) is 0.815. The van der Waals surface area contributed by atoms with E-state index in [1.54, 1.807) is 0 Å². The lowest BCUT2D eigenvalue weighted by molar-refractivity contribution is -0.137. The highest BCUT2D eigenvalue weighted by molar-refractivity contribution is 7.81. The number of hydrogen-bond acceptors (Lipinski definition) is 3. The fourth-order valence-electron chi connectivity index (χ4n) is 1.73. The zero-order valence-corrected chi connectivity index (χ0v) is 10.1. The number of benzene rings is 1. The Morgan fingerprint density at radius 1 is 1.35 bits per heavy atom. The molecule has 0 aromatic heterocycles. The molecule has 0 aliphatic carbocycles. The Morgan fingerprint density at radius 2 is 2.00 bits per heavy atom. The molecule has 4 heteroatoms. The Bertz CT molecular complexity index is 532. The third-order valence-electron chi connectivity index (χ3n) is 2.67. The zero-order valence-electron chi connectivity index (χ0n) is 9.25. The van der Waals surface area contributed by atoms with Crippen LogP contribution in [0.25, 0.3) is 5.70 Å². The van der Waals surface area contributed by atoms with E-state index < -0.39 is 11.9 Å². The second-order valence-corrected chi connectivity index (χ2v) is 4.24. The summed E-state index contributed by atoms with van der Waals surface area (Å²) in [7, 11) is 0. The minimum absolute atomic E-state index is 0.436. The summed E-state index contributed by atoms with van der Waals surface area (Å²) in [5.74, 6) is -1.73. The van der Waals surface area contributed by atoms with E-state index in [1.807, 2.05) is 37.3 Å². The zero-order chi connectivity index (χ0) is 12.4. The van der Waals surface area contributed by atoms with Gasteiger partial charge in [0, 0.05) is 16.6 Å². The van der Waals surface area contributed by atoms with Gasteiger partial charge in [-0.2, -0.15) is 0 Å². The average molecular weight is 245 g/mol. The van der Waals surface area contributed by atoms with Crippen LogP contribution in [0.1, 0.15) is 12.5 Å². The molecule has 0 amide bonds. The predicted molar refractivity (Wildman–Crippen MR) is 71.3 cm³/mol. The molecule has 3 nitrogen and oxygen atoms in total. The van der Waals surface area contributed by atoms with Gasteiger partial charge < -0.3 is 5.11 Å². The topological polar surface area (TPSA) is 49.7 Å². The van der Waals surface area contributed by atoms with Crippen molar-refractivity contribution in [3.8, 4) is 0 Å². The number of aliphatic imine (C=N–C) groups is 1. The summed E-state index contributed by atoms with van der Waals surface area (Å²) in [4.78, 5) is 15.6. The number of hydrogen-bond donors (Lipinski definition) is 1. The van der Waals surface area contributed by atoms with Gasteiger partial charge in [-0.3, -0.25) is 9.79 Å². The monoisotopic (exact) mass is 245 g/mol. The van der Waals surface area contributed by atoms with Crippen LogP contribution in [0.15, 0.2) is 40.9 Å². The lowest BCUT2D eigenvalue weighted by atomic mass is 9.94. The fraction of sp³-hybridized carbons (Fsp3) is 0.154. The fourth-order valence-corrected chi connectivity index (χ4v) is 1.98. The molecule has 2 rings (SSSR count). The maximum atomic E-state index is 11.0. The van der Waals surface area contributed by atoms with E-state index in [0.29, 0.717) is 4.86 Å². The molecular formula is C13H11NO2S. The normalized spacial score (nSPS) is 19.6. The summed E-state index contributed by atoms with van der Waals surface area (Å²) in [5.41, 5.74) is 2.47. The smallest absolute Gasteiger partial charge is 0.317 e. The van der Waals surface area contributed by atoms with Crippen molar-refractivity contribution in [3.63, 3.8) is 0 Å². The molecule has 0 spiro atoms. The van der Waals surface area contributed by atoms with Crippen molar-refractivity contribution < 1.29 is 9.90 Å². The summed E-state index contributed by atoms with van der Waals surface area (Å²) in [6.45, 7) is 1.82. The predicted octanol–water partition coefficient (Wildman–Crippen LogP) is 2.57. The number of thiocarbonyl (C=S) groups is 1. The molecule has 17 heavy (non-hydrogen) atoms. The lowest BCUT2D eigenvalue weighted by Gasteiger charge is -2.18. The SMILES string of the molecule is CC1=C(c2ccccc2)N=CC(C(=O)O)C1=S. The van der Waals surface area contributed by atoms with Crippen LogP contribution in [0.4, 0.5) is 0 Å². The minimum atomic E-state index is -0.954. The van der Waals surface area contributed by atoms with Gasteiger partial charge in [0.05, 0.1) is 5.70 Å². The molecule has 0 radical (unpaired) electrons. The van der Waals surface area contributed by atoms with Gasteiger partial charge in [-0.15, -0.1) is 0 Å². The van der Waals surface area contributed by atoms with Gasteiger partial charge in [0.2, 0.25) is 0 Å². The molecular weight excluding hydrogens is 234 g/mol. The van der Waals surface area contributed by atoms with E-state index >= 15 is 0 Å². The lowest BCUT2D eigenvalue weighted by Crippen LogP contribution is -2.27. The van der Waals surface area contributed by atoms with Crippen molar-refractivity contribution >= 4 is 35.0 Å². The van der Waals surface area contributed by atoms with Crippen molar-refractivity contribution in [2.24, 2.45) is 10.9 Å². The summed E-state index contributed by atoms with van der Waals surface area (Å²) in [6, 6.07) is 9.61. The number of carboxylic acids is 1. The summed E-state index contributed by atoms with van der Waals surface area (Å²) in [6.07, 6.45) is 1.40. The van der Waals surface area contributed by atoms with Crippen LogP contribution in [0.5, 0.6) is 0 Å². The van der Waals surface area contributed by atoms with E-state index in [4.69, 9.17) is 17.3 Å². The number of aliphatic carboxylic acids is 1. The minimum Gasteiger partial charge on any atom is -0.480 e. The Balaban J connectivity index is 2.43. The molecule has 1 aromatic rings. The first-order valence-corrected chi connectivity index (χ1v) is 5.59. The van der Waals surface area contributed by atoms with Crippen molar-refractivity contribution in [1.29, 1.82) is 0 Å². The molecule has 1 aliphatic heterocycles. The first kappa shape index (κ1) is 11.7. The second-order valence-electron chi connectivity index (χ2n) is 3.80. The molecule has 1 aromatic carbocycles. The van der Waals surface area contributed by atoms with Crippen LogP contribution in [0.3, 0.4) is 0 Å². The Labute approximate surface area is 105 Å². The van der Waals surface area contributed by atoms with Crippen molar-refractivity contribution in [3.05, 3.63) is 41.5 Å². The van der Waals surface area contributed by atoms with Crippen LogP contribution < -0.4 is 0 Å². The Kier molecular flexibility index (Phi) is 3.15. The van der Waals surface area contributed by atoms with Crippen LogP contribution in [0, 0.1) is 5.92 Å². The van der Waals surface area contributed by atoms with E-state index in [0.717, 1.165) is 16.8 Å². The van der Waals surface area contributed by atoms with E-state index in [9.17, 15) is 4.79 Å². The van der Waals surface area contributed by atoms with E-state index in [1.165, 1.54) is 6.21 Å². The van der Waals surface area contributed by atoms with Crippen LogP contribution in [-0.2, 0) is 4.79 Å². The van der Waals surface area contributed by atoms with Gasteiger partial charge in [0.15, 0.2) is 0 Å². The third-order valence-corrected chi connectivity index (χ3v) is 3.23. The van der Waals surface area contributed by atoms with Crippen LogP contribution in [-0.4, -0.2) is 22.2 Å². The van der Waals surface area contributed by atoms with Gasteiger partial charge in [-0.05, 0) is 12.5 Å². The molecule has 1 unspecified atom stereocenters. The Hall–Kier alpha value is -1.81. The number of rotatable bonds is 2. The molecule has 1 atom stereocenters. The second kappa shape index (κ2) is 4.59. The van der Waals surface area contributed by atoms with Gasteiger partial charge in [0.1, 0.15) is 5.92 Å². The van der Waals surface area contributed by atoms with Crippen molar-refractivity contribution in [1.82, 2.24) is 0 Å². The summed E-state index contributed by atoms with van der Waals surface area (Å²) < 4.78 is 0. The highest BCUT2D eigenvalue weighted by atomic mass is 32.1. The van der Waals surface area contributed by atoms with Gasteiger partial charge in [-0.1, -0.05) is 42.5 Å². The summed E-state index contributed by atoms with van der Waals surface area (Å²) in [5, 5.41) is 8.98. The van der Waals surface area contributed by atoms with Crippen LogP contribution in [0.2, 0.25) is 0 Å². The number of nitrogens with zero attached hydrogens (tertiary/aromatic N) is 1. The highest BCUT2D eigenvalue weighted by Crippen LogP contribution is 2.26. The first-order chi connectivity index (χ1) is 8.11. The first-order valence-electron chi connectivity index (χ1n) is 5.19. The largest absolute Gasteiger partial charge is 0.480 e. The average Bonchev–Trinajstić information content (AvgIpc) is 2.33. The maximum absolute atomic E-state index is 11.0. The van der Waals surface area contributed by atoms with Gasteiger partial charge in [0.25, 0.3) is 0 Å². The molecule has 1 heterocycles. The van der Waals surface area contributed by atoms with E-state index in [-0.39, 0.29) is 0 Å². The Morgan fingerprint density at radius 3 is 2.59 bits per heavy atom. The van der Waals surface area contributed by atoms with Crippen LogP contribution >= 0.6 is 12.2 Å². The molecule has 0 fully saturated rings. The molecule has 0 saturated heterocycles. The van der Waals surface area contributed by atoms with Gasteiger partial charge in [-0.25, -0.2) is 0 Å². The molecule has 0 saturated carbocycles. The van der Waals surface area contributed by atoms with Gasteiger partial charge >= 0.3 is 5.97 Å². The van der Waals surface area contributed by atoms with Crippen molar-refractivity contribution in [2.75, 3.05) is 0 Å². The number of carboxylic acid groups (broad SMARTS) is 1. The summed E-state index contributed by atoms with van der Waals surface area (Å²) >= 11 is 5.17. The number of carbonyl (C=O) groups is 1. The molecule has 0 bridgehead atoms. The third kappa shape index (κ3) is 2.17. The molecule has 86 valence electrons. The highest BCUT2D eigenvalue weighted by Gasteiger charge is 2.26. The number of allylic oxidation sites excluding steroid dienone is 1. The van der Waals surface area contributed by atoms with Crippen molar-refractivity contribution in [2.45, 2.75) is 6.92 Å². The molecule has 1 aliphatic rings. The van der Waals surface area contributed by atoms with E-state index in [2.05, 4.69) is 4.99 Å².